The van der Waals surface area contributed by atoms with Gasteiger partial charge in [0.25, 0.3) is 0 Å². The van der Waals surface area contributed by atoms with Gasteiger partial charge in [-0.05, 0) is 32.4 Å². The standard InChI is InChI=1S/C17H25NO4/c1-13-10-18(11-14(2)22-13)8-5-9-21-17-15(12-19)6-4-7-16(17)20-3/h4,6-7,12-14H,5,8-11H2,1-3H3/t13-,14-/m1/s1. The smallest absolute Gasteiger partial charge is 0.171 e. The molecular formula is C17H25NO4. The second kappa shape index (κ2) is 8.15. The average Bonchev–Trinajstić information content (AvgIpc) is 2.50. The Morgan fingerprint density at radius 3 is 2.68 bits per heavy atom. The van der Waals surface area contributed by atoms with Gasteiger partial charge in [-0.15, -0.1) is 0 Å². The maximum absolute atomic E-state index is 11.1. The summed E-state index contributed by atoms with van der Waals surface area (Å²) in [5.41, 5.74) is 0.521. The first-order chi connectivity index (χ1) is 10.6. The summed E-state index contributed by atoms with van der Waals surface area (Å²) in [6.45, 7) is 7.64. The van der Waals surface area contributed by atoms with Crippen LogP contribution in [0, 0.1) is 0 Å². The minimum atomic E-state index is 0.278. The summed E-state index contributed by atoms with van der Waals surface area (Å²) in [5.74, 6) is 1.13. The van der Waals surface area contributed by atoms with E-state index in [0.717, 1.165) is 32.3 Å². The van der Waals surface area contributed by atoms with E-state index in [1.165, 1.54) is 0 Å². The third-order valence-electron chi connectivity index (χ3n) is 3.72. The van der Waals surface area contributed by atoms with Crippen LogP contribution >= 0.6 is 0 Å². The number of methoxy groups -OCH3 is 1. The molecule has 122 valence electrons. The number of aldehydes is 1. The zero-order valence-corrected chi connectivity index (χ0v) is 13.6. The molecule has 0 amide bonds. The van der Waals surface area contributed by atoms with Crippen molar-refractivity contribution in [2.75, 3.05) is 33.4 Å². The summed E-state index contributed by atoms with van der Waals surface area (Å²) in [4.78, 5) is 13.5. The fourth-order valence-corrected chi connectivity index (χ4v) is 2.87. The van der Waals surface area contributed by atoms with E-state index >= 15 is 0 Å². The molecule has 1 aliphatic heterocycles. The minimum Gasteiger partial charge on any atom is -0.493 e. The molecule has 5 heteroatoms. The molecule has 1 aromatic carbocycles. The molecule has 0 spiro atoms. The molecule has 0 N–H and O–H groups in total. The zero-order chi connectivity index (χ0) is 15.9. The number of rotatable bonds is 7. The number of nitrogens with zero attached hydrogens (tertiary/aromatic N) is 1. The van der Waals surface area contributed by atoms with E-state index in [4.69, 9.17) is 14.2 Å². The van der Waals surface area contributed by atoms with Crippen molar-refractivity contribution in [3.05, 3.63) is 23.8 Å². The van der Waals surface area contributed by atoms with E-state index in [0.29, 0.717) is 23.7 Å². The number of hydrogen-bond acceptors (Lipinski definition) is 5. The van der Waals surface area contributed by atoms with E-state index in [1.807, 2.05) is 0 Å². The van der Waals surface area contributed by atoms with Crippen LogP contribution in [0.25, 0.3) is 0 Å². The van der Waals surface area contributed by atoms with E-state index in [-0.39, 0.29) is 12.2 Å². The topological polar surface area (TPSA) is 48.0 Å². The predicted octanol–water partition coefficient (Wildman–Crippen LogP) is 2.39. The number of para-hydroxylation sites is 1. The highest BCUT2D eigenvalue weighted by Crippen LogP contribution is 2.30. The van der Waals surface area contributed by atoms with Gasteiger partial charge in [0, 0.05) is 19.6 Å². The SMILES string of the molecule is COc1cccc(C=O)c1OCCCN1C[C@@H](C)O[C@H](C)C1. The summed E-state index contributed by atoms with van der Waals surface area (Å²) in [7, 11) is 1.58. The van der Waals surface area contributed by atoms with Gasteiger partial charge in [-0.1, -0.05) is 6.07 Å². The zero-order valence-electron chi connectivity index (χ0n) is 13.6. The maximum atomic E-state index is 11.1. The van der Waals surface area contributed by atoms with Crippen molar-refractivity contribution in [2.24, 2.45) is 0 Å². The van der Waals surface area contributed by atoms with Crippen molar-refractivity contribution in [1.29, 1.82) is 0 Å². The van der Waals surface area contributed by atoms with Crippen LogP contribution in [0.3, 0.4) is 0 Å². The van der Waals surface area contributed by atoms with Crippen molar-refractivity contribution >= 4 is 6.29 Å². The lowest BCUT2D eigenvalue weighted by molar-refractivity contribution is -0.0686. The van der Waals surface area contributed by atoms with Crippen LogP contribution < -0.4 is 9.47 Å². The molecule has 5 nitrogen and oxygen atoms in total. The number of morpholine rings is 1. The number of carbonyl (C=O) groups is 1. The molecule has 2 rings (SSSR count). The van der Waals surface area contributed by atoms with Crippen LogP contribution in [0.5, 0.6) is 11.5 Å². The van der Waals surface area contributed by atoms with Crippen molar-refractivity contribution in [3.8, 4) is 11.5 Å². The highest BCUT2D eigenvalue weighted by molar-refractivity contribution is 5.81. The van der Waals surface area contributed by atoms with Crippen molar-refractivity contribution < 1.29 is 19.0 Å². The van der Waals surface area contributed by atoms with Gasteiger partial charge in [0.05, 0.1) is 31.5 Å². The van der Waals surface area contributed by atoms with E-state index in [9.17, 15) is 4.79 Å². The Kier molecular flexibility index (Phi) is 6.21. The average molecular weight is 307 g/mol. The summed E-state index contributed by atoms with van der Waals surface area (Å²) in [5, 5.41) is 0. The molecule has 0 unspecified atom stereocenters. The molecule has 0 aromatic heterocycles. The monoisotopic (exact) mass is 307 g/mol. The Bertz CT molecular complexity index is 482. The third kappa shape index (κ3) is 4.45. The summed E-state index contributed by atoms with van der Waals surface area (Å²) in [6, 6.07) is 5.32. The normalized spacial score (nSPS) is 22.3. The largest absolute Gasteiger partial charge is 0.493 e. The molecule has 0 radical (unpaired) electrons. The Hall–Kier alpha value is -1.59. The maximum Gasteiger partial charge on any atom is 0.171 e. The first-order valence-electron chi connectivity index (χ1n) is 7.76. The molecule has 1 aromatic rings. The van der Waals surface area contributed by atoms with Crippen LogP contribution in [0.4, 0.5) is 0 Å². The second-order valence-corrected chi connectivity index (χ2v) is 5.72. The van der Waals surface area contributed by atoms with Crippen LogP contribution in [0.1, 0.15) is 30.6 Å². The quantitative estimate of drug-likeness (QED) is 0.572. The molecular weight excluding hydrogens is 282 g/mol. The minimum absolute atomic E-state index is 0.278. The van der Waals surface area contributed by atoms with Crippen molar-refractivity contribution in [2.45, 2.75) is 32.5 Å². The second-order valence-electron chi connectivity index (χ2n) is 5.72. The lowest BCUT2D eigenvalue weighted by atomic mass is 10.2. The fourth-order valence-electron chi connectivity index (χ4n) is 2.87. The van der Waals surface area contributed by atoms with Gasteiger partial charge in [0.1, 0.15) is 0 Å². The van der Waals surface area contributed by atoms with Gasteiger partial charge in [-0.3, -0.25) is 9.69 Å². The third-order valence-corrected chi connectivity index (χ3v) is 3.72. The molecule has 0 saturated carbocycles. The van der Waals surface area contributed by atoms with Crippen LogP contribution in [0.2, 0.25) is 0 Å². The van der Waals surface area contributed by atoms with Crippen LogP contribution in [-0.4, -0.2) is 56.7 Å². The molecule has 1 saturated heterocycles. The van der Waals surface area contributed by atoms with Crippen LogP contribution in [0.15, 0.2) is 18.2 Å². The first kappa shape index (κ1) is 16.8. The van der Waals surface area contributed by atoms with Crippen molar-refractivity contribution in [3.63, 3.8) is 0 Å². The summed E-state index contributed by atoms with van der Waals surface area (Å²) < 4.78 is 16.8. The van der Waals surface area contributed by atoms with E-state index < -0.39 is 0 Å². The van der Waals surface area contributed by atoms with Gasteiger partial charge in [0.15, 0.2) is 17.8 Å². The Labute approximate surface area is 132 Å². The van der Waals surface area contributed by atoms with Gasteiger partial charge in [-0.2, -0.15) is 0 Å². The number of benzene rings is 1. The van der Waals surface area contributed by atoms with E-state index in [2.05, 4.69) is 18.7 Å². The van der Waals surface area contributed by atoms with Gasteiger partial charge >= 0.3 is 0 Å². The molecule has 0 bridgehead atoms. The Morgan fingerprint density at radius 1 is 1.32 bits per heavy atom. The molecule has 1 fully saturated rings. The highest BCUT2D eigenvalue weighted by Gasteiger charge is 2.21. The number of hydrogen-bond donors (Lipinski definition) is 0. The molecule has 1 aliphatic rings. The van der Waals surface area contributed by atoms with Gasteiger partial charge < -0.3 is 14.2 Å². The predicted molar refractivity (Wildman–Crippen MR) is 84.9 cm³/mol. The molecule has 1 heterocycles. The fraction of sp³-hybridized carbons (Fsp3) is 0.588. The summed E-state index contributed by atoms with van der Waals surface area (Å²) >= 11 is 0. The van der Waals surface area contributed by atoms with Crippen molar-refractivity contribution in [1.82, 2.24) is 4.90 Å². The van der Waals surface area contributed by atoms with Gasteiger partial charge in [0.2, 0.25) is 0 Å². The number of ether oxygens (including phenoxy) is 3. The Balaban J connectivity index is 1.83. The first-order valence-corrected chi connectivity index (χ1v) is 7.76. The molecule has 0 aliphatic carbocycles. The van der Waals surface area contributed by atoms with Gasteiger partial charge in [-0.25, -0.2) is 0 Å². The van der Waals surface area contributed by atoms with E-state index in [1.54, 1.807) is 25.3 Å². The highest BCUT2D eigenvalue weighted by atomic mass is 16.5. The molecule has 22 heavy (non-hydrogen) atoms. The number of carbonyl (C=O) groups excluding carboxylic acids is 1. The van der Waals surface area contributed by atoms with Crippen LogP contribution in [-0.2, 0) is 4.74 Å². The Morgan fingerprint density at radius 2 is 2.05 bits per heavy atom. The lowest BCUT2D eigenvalue weighted by Gasteiger charge is -2.35. The lowest BCUT2D eigenvalue weighted by Crippen LogP contribution is -2.45. The summed E-state index contributed by atoms with van der Waals surface area (Å²) in [6.07, 6.45) is 2.25. The molecule has 2 atom stereocenters.